The maximum atomic E-state index is 5.53. The normalized spacial score (nSPS) is 25.2. The van der Waals surface area contributed by atoms with Crippen molar-refractivity contribution in [3.8, 4) is 0 Å². The molecule has 4 nitrogen and oxygen atoms in total. The highest BCUT2D eigenvalue weighted by Crippen LogP contribution is 2.22. The van der Waals surface area contributed by atoms with E-state index in [0.29, 0.717) is 18.1 Å². The Morgan fingerprint density at radius 2 is 2.29 bits per heavy atom. The fourth-order valence-electron chi connectivity index (χ4n) is 2.05. The summed E-state index contributed by atoms with van der Waals surface area (Å²) >= 11 is 1.68. The quantitative estimate of drug-likeness (QED) is 0.898. The van der Waals surface area contributed by atoms with Gasteiger partial charge >= 0.3 is 0 Å². The molecule has 1 fully saturated rings. The molecular formula is C12H21N3OS. The molecule has 0 amide bonds. The zero-order valence-electron chi connectivity index (χ0n) is 10.8. The SMILES string of the molecule is CC(C)Cc1nnc(NC2CCOC(C)C2)s1. The molecule has 1 aliphatic heterocycles. The number of rotatable bonds is 4. The second-order valence-electron chi connectivity index (χ2n) is 5.15. The molecule has 2 unspecified atom stereocenters. The predicted octanol–water partition coefficient (Wildman–Crippen LogP) is 2.72. The highest BCUT2D eigenvalue weighted by Gasteiger charge is 2.20. The van der Waals surface area contributed by atoms with Crippen molar-refractivity contribution in [1.29, 1.82) is 0 Å². The summed E-state index contributed by atoms with van der Waals surface area (Å²) in [6, 6.07) is 0.485. The van der Waals surface area contributed by atoms with Crippen LogP contribution in [-0.2, 0) is 11.2 Å². The Balaban J connectivity index is 1.87. The Morgan fingerprint density at radius 3 is 3.00 bits per heavy atom. The molecule has 1 N–H and O–H groups in total. The summed E-state index contributed by atoms with van der Waals surface area (Å²) in [4.78, 5) is 0. The number of hydrogen-bond acceptors (Lipinski definition) is 5. The topological polar surface area (TPSA) is 47.0 Å². The Bertz CT molecular complexity index is 353. The van der Waals surface area contributed by atoms with Gasteiger partial charge in [-0.15, -0.1) is 10.2 Å². The zero-order valence-corrected chi connectivity index (χ0v) is 11.6. The highest BCUT2D eigenvalue weighted by atomic mass is 32.1. The van der Waals surface area contributed by atoms with Crippen molar-refractivity contribution >= 4 is 16.5 Å². The van der Waals surface area contributed by atoms with Gasteiger partial charge in [-0.05, 0) is 25.7 Å². The fraction of sp³-hybridized carbons (Fsp3) is 0.833. The lowest BCUT2D eigenvalue weighted by molar-refractivity contribution is 0.0232. The van der Waals surface area contributed by atoms with Crippen molar-refractivity contribution < 1.29 is 4.74 Å². The lowest BCUT2D eigenvalue weighted by Gasteiger charge is -2.27. The molecule has 0 bridgehead atoms. The maximum absolute atomic E-state index is 5.53. The summed E-state index contributed by atoms with van der Waals surface area (Å²) < 4.78 is 5.53. The molecule has 17 heavy (non-hydrogen) atoms. The second kappa shape index (κ2) is 5.78. The van der Waals surface area contributed by atoms with Crippen molar-refractivity contribution in [2.75, 3.05) is 11.9 Å². The summed E-state index contributed by atoms with van der Waals surface area (Å²) in [6.45, 7) is 7.37. The Hall–Kier alpha value is -0.680. The number of anilines is 1. The van der Waals surface area contributed by atoms with Crippen molar-refractivity contribution in [3.05, 3.63) is 5.01 Å². The van der Waals surface area contributed by atoms with Gasteiger partial charge in [0.15, 0.2) is 0 Å². The fourth-order valence-corrected chi connectivity index (χ4v) is 3.08. The number of aromatic nitrogens is 2. The standard InChI is InChI=1S/C12H21N3OS/c1-8(2)6-11-14-15-12(17-11)13-10-4-5-16-9(3)7-10/h8-10H,4-7H2,1-3H3,(H,13,15). The molecule has 1 saturated heterocycles. The minimum absolute atomic E-state index is 0.351. The third-order valence-electron chi connectivity index (χ3n) is 2.86. The van der Waals surface area contributed by atoms with Crippen LogP contribution in [0.25, 0.3) is 0 Å². The minimum atomic E-state index is 0.351. The van der Waals surface area contributed by atoms with Crippen molar-refractivity contribution in [1.82, 2.24) is 10.2 Å². The minimum Gasteiger partial charge on any atom is -0.378 e. The van der Waals surface area contributed by atoms with Crippen LogP contribution < -0.4 is 5.32 Å². The summed E-state index contributed by atoms with van der Waals surface area (Å²) in [5.74, 6) is 0.638. The van der Waals surface area contributed by atoms with Gasteiger partial charge in [-0.25, -0.2) is 0 Å². The first-order valence-corrected chi connectivity index (χ1v) is 7.15. The van der Waals surface area contributed by atoms with Crippen LogP contribution in [0.3, 0.4) is 0 Å². The molecule has 1 aromatic rings. The monoisotopic (exact) mass is 255 g/mol. The molecule has 2 atom stereocenters. The van der Waals surface area contributed by atoms with Crippen LogP contribution in [0, 0.1) is 5.92 Å². The van der Waals surface area contributed by atoms with Crippen LogP contribution in [0.5, 0.6) is 0 Å². The lowest BCUT2D eigenvalue weighted by atomic mass is 10.1. The Labute approximate surface area is 107 Å². The van der Waals surface area contributed by atoms with Gasteiger partial charge in [-0.1, -0.05) is 25.2 Å². The van der Waals surface area contributed by atoms with E-state index in [0.717, 1.165) is 36.0 Å². The van der Waals surface area contributed by atoms with E-state index < -0.39 is 0 Å². The highest BCUT2D eigenvalue weighted by molar-refractivity contribution is 7.15. The third-order valence-corrected chi connectivity index (χ3v) is 3.74. The van der Waals surface area contributed by atoms with Crippen LogP contribution in [0.15, 0.2) is 0 Å². The van der Waals surface area contributed by atoms with E-state index in [1.807, 2.05) is 0 Å². The summed E-state index contributed by atoms with van der Waals surface area (Å²) in [6.07, 6.45) is 3.48. The van der Waals surface area contributed by atoms with Gasteiger partial charge in [-0.2, -0.15) is 0 Å². The molecule has 0 spiro atoms. The van der Waals surface area contributed by atoms with E-state index in [9.17, 15) is 0 Å². The molecule has 5 heteroatoms. The van der Waals surface area contributed by atoms with Gasteiger partial charge < -0.3 is 10.1 Å². The maximum Gasteiger partial charge on any atom is 0.205 e. The number of hydrogen-bond donors (Lipinski definition) is 1. The Kier molecular flexibility index (Phi) is 4.34. The summed E-state index contributed by atoms with van der Waals surface area (Å²) in [5.41, 5.74) is 0. The number of nitrogens with zero attached hydrogens (tertiary/aromatic N) is 2. The largest absolute Gasteiger partial charge is 0.378 e. The van der Waals surface area contributed by atoms with E-state index in [1.165, 1.54) is 0 Å². The zero-order chi connectivity index (χ0) is 12.3. The van der Waals surface area contributed by atoms with Crippen LogP contribution in [0.4, 0.5) is 5.13 Å². The van der Waals surface area contributed by atoms with E-state index in [4.69, 9.17) is 4.74 Å². The van der Waals surface area contributed by atoms with Gasteiger partial charge in [0.05, 0.1) is 6.10 Å². The first kappa shape index (κ1) is 12.8. The third kappa shape index (κ3) is 3.92. The van der Waals surface area contributed by atoms with Gasteiger partial charge in [0, 0.05) is 19.1 Å². The smallest absolute Gasteiger partial charge is 0.205 e. The Morgan fingerprint density at radius 1 is 1.47 bits per heavy atom. The summed E-state index contributed by atoms with van der Waals surface area (Å²) in [5, 5.41) is 14.0. The molecule has 0 saturated carbocycles. The van der Waals surface area contributed by atoms with Crippen LogP contribution in [-0.4, -0.2) is 29.0 Å². The summed E-state index contributed by atoms with van der Waals surface area (Å²) in [7, 11) is 0. The predicted molar refractivity (Wildman–Crippen MR) is 70.5 cm³/mol. The van der Waals surface area contributed by atoms with Crippen LogP contribution in [0.2, 0.25) is 0 Å². The second-order valence-corrected chi connectivity index (χ2v) is 6.21. The van der Waals surface area contributed by atoms with Gasteiger partial charge in [0.25, 0.3) is 0 Å². The molecule has 1 aromatic heterocycles. The van der Waals surface area contributed by atoms with E-state index >= 15 is 0 Å². The van der Waals surface area contributed by atoms with E-state index in [2.05, 4.69) is 36.3 Å². The molecule has 0 aliphatic carbocycles. The molecule has 96 valence electrons. The van der Waals surface area contributed by atoms with Crippen molar-refractivity contribution in [2.24, 2.45) is 5.92 Å². The molecule has 2 heterocycles. The van der Waals surface area contributed by atoms with Crippen molar-refractivity contribution in [3.63, 3.8) is 0 Å². The van der Waals surface area contributed by atoms with Crippen LogP contribution >= 0.6 is 11.3 Å². The van der Waals surface area contributed by atoms with Gasteiger partial charge in [0.1, 0.15) is 5.01 Å². The van der Waals surface area contributed by atoms with E-state index in [1.54, 1.807) is 11.3 Å². The molecule has 0 aromatic carbocycles. The van der Waals surface area contributed by atoms with Gasteiger partial charge in [0.2, 0.25) is 5.13 Å². The first-order chi connectivity index (χ1) is 8.13. The average molecular weight is 255 g/mol. The van der Waals surface area contributed by atoms with Gasteiger partial charge in [-0.3, -0.25) is 0 Å². The molecular weight excluding hydrogens is 234 g/mol. The first-order valence-electron chi connectivity index (χ1n) is 6.34. The number of ether oxygens (including phenoxy) is 1. The van der Waals surface area contributed by atoms with Crippen molar-refractivity contribution in [2.45, 2.75) is 52.2 Å². The lowest BCUT2D eigenvalue weighted by Crippen LogP contribution is -2.32. The molecule has 1 aliphatic rings. The van der Waals surface area contributed by atoms with E-state index in [-0.39, 0.29) is 0 Å². The average Bonchev–Trinajstić information content (AvgIpc) is 2.64. The molecule has 2 rings (SSSR count). The van der Waals surface area contributed by atoms with Crippen LogP contribution in [0.1, 0.15) is 38.6 Å². The number of nitrogens with one attached hydrogen (secondary N) is 1. The molecule has 0 radical (unpaired) electrons.